The van der Waals surface area contributed by atoms with Crippen molar-refractivity contribution in [2.24, 2.45) is 11.8 Å². The molecule has 1 aromatic heterocycles. The van der Waals surface area contributed by atoms with E-state index in [0.29, 0.717) is 28.8 Å². The number of hydrogen-bond acceptors (Lipinski definition) is 6. The average molecular weight is 436 g/mol. The molecule has 1 atom stereocenters. The minimum absolute atomic E-state index is 0.284. The Kier molecular flexibility index (Phi) is 8.31. The van der Waals surface area contributed by atoms with Gasteiger partial charge in [0.05, 0.1) is 12.2 Å². The molecule has 1 aromatic rings. The van der Waals surface area contributed by atoms with Crippen LogP contribution in [0.15, 0.2) is 0 Å². The molecular formula is C23H33NO5S. The Morgan fingerprint density at radius 1 is 1.10 bits per heavy atom. The number of carbonyl (C=O) groups is 3. The van der Waals surface area contributed by atoms with Crippen LogP contribution in [-0.2, 0) is 31.9 Å². The van der Waals surface area contributed by atoms with Crippen LogP contribution < -0.4 is 5.32 Å². The first-order valence-corrected chi connectivity index (χ1v) is 12.1. The number of amides is 1. The van der Waals surface area contributed by atoms with Crippen LogP contribution in [0.4, 0.5) is 5.00 Å². The van der Waals surface area contributed by atoms with Crippen molar-refractivity contribution in [2.75, 3.05) is 18.5 Å². The van der Waals surface area contributed by atoms with Gasteiger partial charge in [0.15, 0.2) is 6.61 Å². The predicted molar refractivity (Wildman–Crippen MR) is 117 cm³/mol. The van der Waals surface area contributed by atoms with Gasteiger partial charge in [-0.15, -0.1) is 11.3 Å². The minimum Gasteiger partial charge on any atom is -0.462 e. The van der Waals surface area contributed by atoms with Gasteiger partial charge in [-0.1, -0.05) is 39.0 Å². The molecule has 0 radical (unpaired) electrons. The number of fused-ring (bicyclic) bond motifs is 1. The van der Waals surface area contributed by atoms with Crippen LogP contribution in [0.25, 0.3) is 0 Å². The molecule has 1 saturated carbocycles. The summed E-state index contributed by atoms with van der Waals surface area (Å²) in [4.78, 5) is 38.1. The second-order valence-electron chi connectivity index (χ2n) is 8.53. The van der Waals surface area contributed by atoms with E-state index in [0.717, 1.165) is 36.1 Å². The van der Waals surface area contributed by atoms with Crippen LogP contribution >= 0.6 is 11.3 Å². The summed E-state index contributed by atoms with van der Waals surface area (Å²) in [6.07, 6.45) is 10.1. The van der Waals surface area contributed by atoms with E-state index in [1.807, 2.05) is 0 Å². The standard InChI is InChI=1S/C23H33NO5S/c1-3-28-23(27)21-17-11-9-15(2)13-18(17)30-22(21)24-19(25)14-29-20(26)12-10-16-7-5-4-6-8-16/h15-16H,3-14H2,1-2H3,(H,24,25)/t15-/m0/s1. The minimum atomic E-state index is -0.418. The molecule has 1 N–H and O–H groups in total. The molecule has 0 saturated heterocycles. The molecule has 30 heavy (non-hydrogen) atoms. The first kappa shape index (κ1) is 22.8. The fourth-order valence-corrected chi connectivity index (χ4v) is 5.85. The Morgan fingerprint density at radius 3 is 2.60 bits per heavy atom. The lowest BCUT2D eigenvalue weighted by Crippen LogP contribution is -2.22. The number of anilines is 1. The molecule has 0 bridgehead atoms. The monoisotopic (exact) mass is 435 g/mol. The topological polar surface area (TPSA) is 81.7 Å². The van der Waals surface area contributed by atoms with Crippen molar-refractivity contribution in [1.82, 2.24) is 0 Å². The van der Waals surface area contributed by atoms with Crippen molar-refractivity contribution in [3.05, 3.63) is 16.0 Å². The fourth-order valence-electron chi connectivity index (χ4n) is 4.44. The van der Waals surface area contributed by atoms with Crippen LogP contribution in [0.3, 0.4) is 0 Å². The van der Waals surface area contributed by atoms with Crippen molar-refractivity contribution in [1.29, 1.82) is 0 Å². The lowest BCUT2D eigenvalue weighted by Gasteiger charge is -2.20. The van der Waals surface area contributed by atoms with Crippen molar-refractivity contribution < 1.29 is 23.9 Å². The lowest BCUT2D eigenvalue weighted by atomic mass is 9.86. The van der Waals surface area contributed by atoms with Crippen LogP contribution in [-0.4, -0.2) is 31.1 Å². The van der Waals surface area contributed by atoms with Gasteiger partial charge in [-0.3, -0.25) is 9.59 Å². The summed E-state index contributed by atoms with van der Waals surface area (Å²) in [6.45, 7) is 3.91. The van der Waals surface area contributed by atoms with E-state index in [4.69, 9.17) is 9.47 Å². The van der Waals surface area contributed by atoms with E-state index in [-0.39, 0.29) is 19.2 Å². The fraction of sp³-hybridized carbons (Fsp3) is 0.696. The molecule has 0 aromatic carbocycles. The number of esters is 2. The van der Waals surface area contributed by atoms with E-state index < -0.39 is 11.9 Å². The molecule has 3 rings (SSSR count). The average Bonchev–Trinajstić information content (AvgIpc) is 3.08. The second kappa shape index (κ2) is 10.9. The Labute approximate surface area is 182 Å². The summed E-state index contributed by atoms with van der Waals surface area (Å²) >= 11 is 1.44. The van der Waals surface area contributed by atoms with E-state index in [9.17, 15) is 14.4 Å². The van der Waals surface area contributed by atoms with Gasteiger partial charge in [0.25, 0.3) is 5.91 Å². The summed E-state index contributed by atoms with van der Waals surface area (Å²) < 4.78 is 10.4. The van der Waals surface area contributed by atoms with E-state index in [1.165, 1.54) is 43.4 Å². The number of hydrogen-bond donors (Lipinski definition) is 1. The quantitative estimate of drug-likeness (QED) is 0.588. The van der Waals surface area contributed by atoms with Crippen LogP contribution in [0.5, 0.6) is 0 Å². The number of ether oxygens (including phenoxy) is 2. The van der Waals surface area contributed by atoms with Gasteiger partial charge in [0, 0.05) is 11.3 Å². The smallest absolute Gasteiger partial charge is 0.341 e. The SMILES string of the molecule is CCOC(=O)c1c(NC(=O)COC(=O)CCC2CCCCC2)sc2c1CC[C@H](C)C2. The Hall–Kier alpha value is -1.89. The highest BCUT2D eigenvalue weighted by Gasteiger charge is 2.29. The first-order chi connectivity index (χ1) is 14.5. The van der Waals surface area contributed by atoms with Gasteiger partial charge in [-0.2, -0.15) is 0 Å². The summed E-state index contributed by atoms with van der Waals surface area (Å²) in [6, 6.07) is 0. The highest BCUT2D eigenvalue weighted by Crippen LogP contribution is 2.40. The molecule has 2 aliphatic carbocycles. The largest absolute Gasteiger partial charge is 0.462 e. The van der Waals surface area contributed by atoms with E-state index >= 15 is 0 Å². The van der Waals surface area contributed by atoms with Crippen LogP contribution in [0.1, 0.15) is 86.0 Å². The zero-order valence-electron chi connectivity index (χ0n) is 18.1. The zero-order chi connectivity index (χ0) is 21.5. The maximum Gasteiger partial charge on any atom is 0.341 e. The Bertz CT molecular complexity index is 766. The predicted octanol–water partition coefficient (Wildman–Crippen LogP) is 4.89. The molecule has 6 nitrogen and oxygen atoms in total. The highest BCUT2D eigenvalue weighted by atomic mass is 32.1. The molecule has 1 amide bonds. The molecule has 2 aliphatic rings. The van der Waals surface area contributed by atoms with Crippen molar-refractivity contribution in [3.63, 3.8) is 0 Å². The van der Waals surface area contributed by atoms with Crippen LogP contribution in [0.2, 0.25) is 0 Å². The molecular weight excluding hydrogens is 402 g/mol. The number of thiophene rings is 1. The molecule has 0 spiro atoms. The first-order valence-electron chi connectivity index (χ1n) is 11.2. The summed E-state index contributed by atoms with van der Waals surface area (Å²) in [5.41, 5.74) is 1.47. The van der Waals surface area contributed by atoms with Crippen molar-refractivity contribution in [3.8, 4) is 0 Å². The molecule has 1 fully saturated rings. The van der Waals surface area contributed by atoms with Gasteiger partial charge in [0.2, 0.25) is 0 Å². The lowest BCUT2D eigenvalue weighted by molar-refractivity contribution is -0.147. The van der Waals surface area contributed by atoms with Gasteiger partial charge >= 0.3 is 11.9 Å². The molecule has 166 valence electrons. The summed E-state index contributed by atoms with van der Waals surface area (Å²) in [7, 11) is 0. The normalized spacial score (nSPS) is 19.1. The van der Waals surface area contributed by atoms with Crippen molar-refractivity contribution >= 4 is 34.2 Å². The third kappa shape index (κ3) is 6.06. The van der Waals surface area contributed by atoms with Crippen LogP contribution in [0, 0.1) is 11.8 Å². The van der Waals surface area contributed by atoms with Gasteiger partial charge in [-0.05, 0) is 50.0 Å². The molecule has 7 heteroatoms. The molecule has 0 unspecified atom stereocenters. The zero-order valence-corrected chi connectivity index (χ0v) is 18.9. The number of carbonyl (C=O) groups excluding carboxylic acids is 3. The third-order valence-corrected chi connectivity index (χ3v) is 7.26. The van der Waals surface area contributed by atoms with E-state index in [2.05, 4.69) is 12.2 Å². The molecule has 1 heterocycles. The maximum atomic E-state index is 12.5. The van der Waals surface area contributed by atoms with Gasteiger partial charge in [0.1, 0.15) is 5.00 Å². The Balaban J connectivity index is 1.55. The van der Waals surface area contributed by atoms with E-state index in [1.54, 1.807) is 6.92 Å². The number of nitrogens with one attached hydrogen (secondary N) is 1. The third-order valence-electron chi connectivity index (χ3n) is 6.09. The summed E-state index contributed by atoms with van der Waals surface area (Å²) in [5, 5.41) is 3.29. The summed E-state index contributed by atoms with van der Waals surface area (Å²) in [5.74, 6) is 0.00939. The Morgan fingerprint density at radius 2 is 1.87 bits per heavy atom. The van der Waals surface area contributed by atoms with Gasteiger partial charge < -0.3 is 14.8 Å². The van der Waals surface area contributed by atoms with Gasteiger partial charge in [-0.25, -0.2) is 4.79 Å². The second-order valence-corrected chi connectivity index (χ2v) is 9.63. The molecule has 0 aliphatic heterocycles. The number of rotatable bonds is 8. The van der Waals surface area contributed by atoms with Crippen molar-refractivity contribution in [2.45, 2.75) is 78.1 Å². The maximum absolute atomic E-state index is 12.5. The highest BCUT2D eigenvalue weighted by molar-refractivity contribution is 7.17.